The van der Waals surface area contributed by atoms with Gasteiger partial charge < -0.3 is 10.4 Å². The Balaban J connectivity index is 1.76. The number of nitrogens with one attached hydrogen (secondary N) is 2. The minimum Gasteiger partial charge on any atom is -0.506 e. The van der Waals surface area contributed by atoms with E-state index in [1.165, 1.54) is 0 Å². The minimum absolute atomic E-state index is 0.109. The van der Waals surface area contributed by atoms with Crippen LogP contribution in [0.4, 0.5) is 5.69 Å². The minimum atomic E-state index is -0.368. The standard InChI is InChI=1S/C24H20N4O2S/c1-16(26-27-24(31)25-17-10-4-2-5-11-17)21-22(29)19-14-8-9-15-20(19)28(23(21)30)18-12-6-3-7-13-18/h2-15,29H,1H3,(H2,25,27,31). The van der Waals surface area contributed by atoms with Crippen LogP contribution in [0.3, 0.4) is 0 Å². The lowest BCUT2D eigenvalue weighted by atomic mass is 10.1. The molecule has 0 spiro atoms. The van der Waals surface area contributed by atoms with E-state index in [0.717, 1.165) is 5.69 Å². The van der Waals surface area contributed by atoms with Gasteiger partial charge >= 0.3 is 0 Å². The second-order valence-electron chi connectivity index (χ2n) is 6.85. The summed E-state index contributed by atoms with van der Waals surface area (Å²) in [7, 11) is 0. The molecule has 0 aliphatic rings. The number of rotatable bonds is 4. The second-order valence-corrected chi connectivity index (χ2v) is 7.25. The number of hydrazone groups is 1. The van der Waals surface area contributed by atoms with Crippen LogP contribution in [0.15, 0.2) is 94.8 Å². The fourth-order valence-corrected chi connectivity index (χ4v) is 3.52. The molecule has 0 saturated heterocycles. The highest BCUT2D eigenvalue weighted by atomic mass is 32.1. The third kappa shape index (κ3) is 4.17. The summed E-state index contributed by atoms with van der Waals surface area (Å²) in [5.41, 5.74) is 4.92. The zero-order chi connectivity index (χ0) is 21.8. The first kappa shape index (κ1) is 20.3. The molecule has 0 saturated carbocycles. The van der Waals surface area contributed by atoms with E-state index in [0.29, 0.717) is 22.3 Å². The molecular weight excluding hydrogens is 408 g/mol. The van der Waals surface area contributed by atoms with E-state index in [2.05, 4.69) is 15.8 Å². The molecule has 4 aromatic rings. The Bertz CT molecular complexity index is 1330. The van der Waals surface area contributed by atoms with Crippen LogP contribution in [-0.2, 0) is 0 Å². The van der Waals surface area contributed by atoms with Gasteiger partial charge in [0.05, 0.1) is 11.2 Å². The molecule has 4 rings (SSSR count). The number of anilines is 1. The Morgan fingerprint density at radius 2 is 1.55 bits per heavy atom. The van der Waals surface area contributed by atoms with Crippen molar-refractivity contribution in [3.63, 3.8) is 0 Å². The van der Waals surface area contributed by atoms with Gasteiger partial charge in [-0.1, -0.05) is 48.5 Å². The summed E-state index contributed by atoms with van der Waals surface area (Å²) >= 11 is 5.27. The lowest BCUT2D eigenvalue weighted by molar-refractivity contribution is 0.478. The first-order valence-electron chi connectivity index (χ1n) is 9.65. The molecule has 7 heteroatoms. The van der Waals surface area contributed by atoms with E-state index in [1.807, 2.05) is 72.8 Å². The summed E-state index contributed by atoms with van der Waals surface area (Å²) in [6, 6.07) is 25.9. The van der Waals surface area contributed by atoms with Gasteiger partial charge in [0.15, 0.2) is 5.11 Å². The SMILES string of the molecule is CC(=NNC(=S)Nc1ccccc1)c1c(O)c2ccccc2n(-c2ccccc2)c1=O. The lowest BCUT2D eigenvalue weighted by Gasteiger charge is -2.15. The zero-order valence-electron chi connectivity index (χ0n) is 16.7. The van der Waals surface area contributed by atoms with E-state index in [1.54, 1.807) is 23.6 Å². The van der Waals surface area contributed by atoms with Crippen LogP contribution in [-0.4, -0.2) is 20.5 Å². The van der Waals surface area contributed by atoms with Gasteiger partial charge in [0.25, 0.3) is 5.56 Å². The molecule has 0 amide bonds. The van der Waals surface area contributed by atoms with Crippen molar-refractivity contribution < 1.29 is 5.11 Å². The lowest BCUT2D eigenvalue weighted by Crippen LogP contribution is -2.28. The Morgan fingerprint density at radius 3 is 2.26 bits per heavy atom. The van der Waals surface area contributed by atoms with Crippen LogP contribution < -0.4 is 16.3 Å². The van der Waals surface area contributed by atoms with E-state index in [-0.39, 0.29) is 22.0 Å². The highest BCUT2D eigenvalue weighted by Gasteiger charge is 2.19. The summed E-state index contributed by atoms with van der Waals surface area (Å²) < 4.78 is 1.57. The molecule has 0 fully saturated rings. The first-order chi connectivity index (χ1) is 15.1. The van der Waals surface area contributed by atoms with Gasteiger partial charge in [-0.05, 0) is 55.5 Å². The van der Waals surface area contributed by atoms with Gasteiger partial charge in [-0.3, -0.25) is 14.8 Å². The van der Waals surface area contributed by atoms with Crippen LogP contribution >= 0.6 is 12.2 Å². The molecule has 1 heterocycles. The first-order valence-corrected chi connectivity index (χ1v) is 10.1. The molecule has 6 nitrogen and oxygen atoms in total. The van der Waals surface area contributed by atoms with Crippen molar-refractivity contribution in [3.8, 4) is 11.4 Å². The zero-order valence-corrected chi connectivity index (χ0v) is 17.6. The second kappa shape index (κ2) is 8.81. The van der Waals surface area contributed by atoms with Crippen molar-refractivity contribution >= 4 is 39.6 Å². The number of nitrogens with zero attached hydrogens (tertiary/aromatic N) is 2. The van der Waals surface area contributed by atoms with Crippen LogP contribution in [0.25, 0.3) is 16.6 Å². The predicted molar refractivity (Wildman–Crippen MR) is 129 cm³/mol. The Hall–Kier alpha value is -3.97. The van der Waals surface area contributed by atoms with Gasteiger partial charge in [0.1, 0.15) is 11.3 Å². The Labute approximate surface area is 184 Å². The highest BCUT2D eigenvalue weighted by molar-refractivity contribution is 7.80. The third-order valence-electron chi connectivity index (χ3n) is 4.79. The summed E-state index contributed by atoms with van der Waals surface area (Å²) in [4.78, 5) is 13.4. The summed E-state index contributed by atoms with van der Waals surface area (Å²) in [6.45, 7) is 1.65. The molecule has 1 aromatic heterocycles. The molecule has 0 atom stereocenters. The van der Waals surface area contributed by atoms with Gasteiger partial charge in [-0.2, -0.15) is 5.10 Å². The van der Waals surface area contributed by atoms with Crippen molar-refractivity contribution in [2.75, 3.05) is 5.32 Å². The number of hydrogen-bond acceptors (Lipinski definition) is 4. The maximum atomic E-state index is 13.4. The van der Waals surface area contributed by atoms with Gasteiger partial charge in [0.2, 0.25) is 0 Å². The fraction of sp³-hybridized carbons (Fsp3) is 0.0417. The molecular formula is C24H20N4O2S. The number of benzene rings is 3. The molecule has 0 aliphatic carbocycles. The number of aromatic hydroxyl groups is 1. The van der Waals surface area contributed by atoms with Crippen molar-refractivity contribution in [3.05, 3.63) is 101 Å². The topological polar surface area (TPSA) is 78.7 Å². The average Bonchev–Trinajstić information content (AvgIpc) is 2.79. The molecule has 31 heavy (non-hydrogen) atoms. The molecule has 0 unspecified atom stereocenters. The molecule has 3 N–H and O–H groups in total. The van der Waals surface area contributed by atoms with Crippen molar-refractivity contribution in [2.45, 2.75) is 6.92 Å². The molecule has 154 valence electrons. The summed E-state index contributed by atoms with van der Waals surface area (Å²) in [5, 5.41) is 19.0. The number of aromatic nitrogens is 1. The fourth-order valence-electron chi connectivity index (χ4n) is 3.36. The molecule has 0 aliphatic heterocycles. The number of para-hydroxylation sites is 3. The number of thiocarbonyl (C=S) groups is 1. The molecule has 0 bridgehead atoms. The monoisotopic (exact) mass is 428 g/mol. The third-order valence-corrected chi connectivity index (χ3v) is 4.98. The van der Waals surface area contributed by atoms with E-state index < -0.39 is 0 Å². The number of hydrogen-bond donors (Lipinski definition) is 3. The smallest absolute Gasteiger partial charge is 0.268 e. The van der Waals surface area contributed by atoms with E-state index >= 15 is 0 Å². The van der Waals surface area contributed by atoms with Crippen LogP contribution in [0, 0.1) is 0 Å². The van der Waals surface area contributed by atoms with Gasteiger partial charge in [-0.25, -0.2) is 0 Å². The van der Waals surface area contributed by atoms with Crippen LogP contribution in [0.2, 0.25) is 0 Å². The largest absolute Gasteiger partial charge is 0.506 e. The van der Waals surface area contributed by atoms with Crippen molar-refractivity contribution in [2.24, 2.45) is 5.10 Å². The normalized spacial score (nSPS) is 11.3. The molecule has 3 aromatic carbocycles. The van der Waals surface area contributed by atoms with Crippen molar-refractivity contribution in [1.82, 2.24) is 9.99 Å². The van der Waals surface area contributed by atoms with Crippen molar-refractivity contribution in [1.29, 1.82) is 0 Å². The van der Waals surface area contributed by atoms with Crippen LogP contribution in [0.1, 0.15) is 12.5 Å². The summed E-state index contributed by atoms with van der Waals surface area (Å²) in [6.07, 6.45) is 0. The van der Waals surface area contributed by atoms with Gasteiger partial charge in [-0.15, -0.1) is 0 Å². The number of pyridine rings is 1. The maximum absolute atomic E-state index is 13.4. The molecule has 0 radical (unpaired) electrons. The quantitative estimate of drug-likeness (QED) is 0.255. The Kier molecular flexibility index (Phi) is 5.77. The summed E-state index contributed by atoms with van der Waals surface area (Å²) in [5.74, 6) is -0.113. The van der Waals surface area contributed by atoms with E-state index in [4.69, 9.17) is 12.2 Å². The predicted octanol–water partition coefficient (Wildman–Crippen LogP) is 4.41. The number of fused-ring (bicyclic) bond motifs is 1. The average molecular weight is 429 g/mol. The highest BCUT2D eigenvalue weighted by Crippen LogP contribution is 2.28. The Morgan fingerprint density at radius 1 is 0.935 bits per heavy atom. The van der Waals surface area contributed by atoms with Crippen LogP contribution in [0.5, 0.6) is 5.75 Å². The van der Waals surface area contributed by atoms with E-state index in [9.17, 15) is 9.90 Å². The maximum Gasteiger partial charge on any atom is 0.268 e. The van der Waals surface area contributed by atoms with Gasteiger partial charge in [0, 0.05) is 16.8 Å².